The van der Waals surface area contributed by atoms with E-state index in [9.17, 15) is 4.39 Å². The zero-order chi connectivity index (χ0) is 14.0. The second-order valence-corrected chi connectivity index (χ2v) is 5.57. The lowest BCUT2D eigenvalue weighted by Gasteiger charge is -2.22. The van der Waals surface area contributed by atoms with Crippen LogP contribution in [-0.2, 0) is 6.54 Å². The van der Waals surface area contributed by atoms with E-state index in [1.54, 1.807) is 12.1 Å². The van der Waals surface area contributed by atoms with Crippen molar-refractivity contribution in [1.82, 2.24) is 0 Å². The van der Waals surface area contributed by atoms with Crippen molar-refractivity contribution in [3.05, 3.63) is 57.8 Å². The standard InChI is InChI=1S/C15H16BrFN2/c1-10-3-6-15(14(18)7-10)19(2)9-11-8-12(16)4-5-13(11)17/h3-8H,9,18H2,1-2H3. The van der Waals surface area contributed by atoms with Crippen molar-refractivity contribution >= 4 is 27.3 Å². The van der Waals surface area contributed by atoms with Crippen LogP contribution in [-0.4, -0.2) is 7.05 Å². The van der Waals surface area contributed by atoms with Crippen molar-refractivity contribution in [2.45, 2.75) is 13.5 Å². The Morgan fingerprint density at radius 3 is 2.63 bits per heavy atom. The molecule has 0 spiro atoms. The van der Waals surface area contributed by atoms with Gasteiger partial charge < -0.3 is 10.6 Å². The van der Waals surface area contributed by atoms with E-state index in [1.807, 2.05) is 37.1 Å². The van der Waals surface area contributed by atoms with Crippen molar-refractivity contribution in [3.63, 3.8) is 0 Å². The molecule has 0 saturated heterocycles. The molecule has 19 heavy (non-hydrogen) atoms. The van der Waals surface area contributed by atoms with Gasteiger partial charge in [-0.3, -0.25) is 0 Å². The van der Waals surface area contributed by atoms with Crippen molar-refractivity contribution in [1.29, 1.82) is 0 Å². The van der Waals surface area contributed by atoms with Gasteiger partial charge in [0.15, 0.2) is 0 Å². The number of nitrogens with zero attached hydrogens (tertiary/aromatic N) is 1. The molecule has 100 valence electrons. The third-order valence-corrected chi connectivity index (χ3v) is 3.50. The number of nitrogens with two attached hydrogens (primary N) is 1. The number of aryl methyl sites for hydroxylation is 1. The summed E-state index contributed by atoms with van der Waals surface area (Å²) in [4.78, 5) is 1.94. The van der Waals surface area contributed by atoms with Crippen LogP contribution < -0.4 is 10.6 Å². The molecule has 0 radical (unpaired) electrons. The van der Waals surface area contributed by atoms with Crippen molar-refractivity contribution in [2.75, 3.05) is 17.7 Å². The molecule has 0 saturated carbocycles. The average molecular weight is 323 g/mol. The van der Waals surface area contributed by atoms with Crippen molar-refractivity contribution in [3.8, 4) is 0 Å². The first-order valence-corrected chi connectivity index (χ1v) is 6.78. The fourth-order valence-corrected chi connectivity index (χ4v) is 2.44. The van der Waals surface area contributed by atoms with E-state index in [1.165, 1.54) is 6.07 Å². The summed E-state index contributed by atoms with van der Waals surface area (Å²) >= 11 is 3.36. The van der Waals surface area contributed by atoms with Crippen LogP contribution in [0.25, 0.3) is 0 Å². The molecule has 0 aliphatic heterocycles. The van der Waals surface area contributed by atoms with Gasteiger partial charge in [-0.1, -0.05) is 22.0 Å². The van der Waals surface area contributed by atoms with E-state index in [4.69, 9.17) is 5.73 Å². The summed E-state index contributed by atoms with van der Waals surface area (Å²) in [5, 5.41) is 0. The van der Waals surface area contributed by atoms with E-state index in [2.05, 4.69) is 15.9 Å². The highest BCUT2D eigenvalue weighted by Gasteiger charge is 2.09. The number of nitrogen functional groups attached to an aromatic ring is 1. The maximum atomic E-state index is 13.7. The number of halogens is 2. The summed E-state index contributed by atoms with van der Waals surface area (Å²) in [6, 6.07) is 10.8. The SMILES string of the molecule is Cc1ccc(N(C)Cc2cc(Br)ccc2F)c(N)c1. The quantitative estimate of drug-likeness (QED) is 0.861. The number of anilines is 2. The normalized spacial score (nSPS) is 10.5. The Balaban J connectivity index is 2.25. The summed E-state index contributed by atoms with van der Waals surface area (Å²) in [5.41, 5.74) is 9.36. The van der Waals surface area contributed by atoms with Gasteiger partial charge in [0.25, 0.3) is 0 Å². The maximum Gasteiger partial charge on any atom is 0.128 e. The molecule has 0 amide bonds. The maximum absolute atomic E-state index is 13.7. The Morgan fingerprint density at radius 2 is 1.95 bits per heavy atom. The Bertz CT molecular complexity index is 599. The first-order chi connectivity index (χ1) is 8.97. The fourth-order valence-electron chi connectivity index (χ4n) is 2.03. The van der Waals surface area contributed by atoms with E-state index < -0.39 is 0 Å². The molecule has 4 heteroatoms. The predicted octanol–water partition coefficient (Wildman–Crippen LogP) is 4.12. The highest BCUT2D eigenvalue weighted by molar-refractivity contribution is 9.10. The molecule has 2 aromatic rings. The van der Waals surface area contributed by atoms with Crippen molar-refractivity contribution < 1.29 is 4.39 Å². The first kappa shape index (κ1) is 13.9. The van der Waals surface area contributed by atoms with Gasteiger partial charge in [-0.2, -0.15) is 0 Å². The Morgan fingerprint density at radius 1 is 1.21 bits per heavy atom. The van der Waals surface area contributed by atoms with Crippen LogP contribution in [0.3, 0.4) is 0 Å². The largest absolute Gasteiger partial charge is 0.397 e. The summed E-state index contributed by atoms with van der Waals surface area (Å²) in [6.07, 6.45) is 0. The summed E-state index contributed by atoms with van der Waals surface area (Å²) in [6.45, 7) is 2.46. The monoisotopic (exact) mass is 322 g/mol. The second kappa shape index (κ2) is 5.61. The molecule has 0 unspecified atom stereocenters. The molecule has 2 rings (SSSR count). The van der Waals surface area contributed by atoms with Crippen LogP contribution in [0.1, 0.15) is 11.1 Å². The fraction of sp³-hybridized carbons (Fsp3) is 0.200. The zero-order valence-electron chi connectivity index (χ0n) is 11.0. The van der Waals surface area contributed by atoms with Crippen molar-refractivity contribution in [2.24, 2.45) is 0 Å². The molecule has 2 aromatic carbocycles. The Labute approximate surface area is 121 Å². The zero-order valence-corrected chi connectivity index (χ0v) is 12.5. The van der Waals surface area contributed by atoms with Gasteiger partial charge in [0, 0.05) is 23.6 Å². The lowest BCUT2D eigenvalue weighted by molar-refractivity contribution is 0.607. The van der Waals surface area contributed by atoms with E-state index in [-0.39, 0.29) is 5.82 Å². The van der Waals surface area contributed by atoms with E-state index in [0.717, 1.165) is 15.7 Å². The third-order valence-electron chi connectivity index (χ3n) is 3.01. The molecule has 0 aromatic heterocycles. The van der Waals surface area contributed by atoms with Crippen LogP contribution in [0.4, 0.5) is 15.8 Å². The molecule has 2 nitrogen and oxygen atoms in total. The second-order valence-electron chi connectivity index (χ2n) is 4.65. The molecule has 0 bridgehead atoms. The first-order valence-electron chi connectivity index (χ1n) is 5.98. The van der Waals surface area contributed by atoms with Gasteiger partial charge in [-0.15, -0.1) is 0 Å². The molecule has 0 aliphatic carbocycles. The molecular formula is C15H16BrFN2. The molecule has 0 heterocycles. The van der Waals surface area contributed by atoms with Crippen LogP contribution >= 0.6 is 15.9 Å². The minimum Gasteiger partial charge on any atom is -0.397 e. The minimum absolute atomic E-state index is 0.208. The van der Waals surface area contributed by atoms with E-state index in [0.29, 0.717) is 17.8 Å². The summed E-state index contributed by atoms with van der Waals surface area (Å²) in [7, 11) is 1.90. The molecule has 0 aliphatic rings. The van der Waals surface area contributed by atoms with Crippen LogP contribution in [0.15, 0.2) is 40.9 Å². The Kier molecular flexibility index (Phi) is 4.10. The Hall–Kier alpha value is -1.55. The van der Waals surface area contributed by atoms with Crippen LogP contribution in [0.5, 0.6) is 0 Å². The van der Waals surface area contributed by atoms with Gasteiger partial charge in [-0.05, 0) is 42.8 Å². The molecule has 0 fully saturated rings. The average Bonchev–Trinajstić information content (AvgIpc) is 2.33. The third kappa shape index (κ3) is 3.26. The predicted molar refractivity (Wildman–Crippen MR) is 81.8 cm³/mol. The molecule has 0 atom stereocenters. The lowest BCUT2D eigenvalue weighted by Crippen LogP contribution is -2.18. The smallest absolute Gasteiger partial charge is 0.128 e. The number of hydrogen-bond donors (Lipinski definition) is 1. The van der Waals surface area contributed by atoms with E-state index >= 15 is 0 Å². The van der Waals surface area contributed by atoms with Gasteiger partial charge in [0.2, 0.25) is 0 Å². The minimum atomic E-state index is -0.208. The molecular weight excluding hydrogens is 307 g/mol. The highest BCUT2D eigenvalue weighted by atomic mass is 79.9. The van der Waals surface area contributed by atoms with Gasteiger partial charge >= 0.3 is 0 Å². The van der Waals surface area contributed by atoms with Gasteiger partial charge in [0.1, 0.15) is 5.82 Å². The number of hydrogen-bond acceptors (Lipinski definition) is 2. The number of benzene rings is 2. The highest BCUT2D eigenvalue weighted by Crippen LogP contribution is 2.25. The summed E-state index contributed by atoms with van der Waals surface area (Å²) in [5.74, 6) is -0.208. The number of rotatable bonds is 3. The van der Waals surface area contributed by atoms with Crippen LogP contribution in [0, 0.1) is 12.7 Å². The summed E-state index contributed by atoms with van der Waals surface area (Å²) < 4.78 is 14.6. The molecule has 2 N–H and O–H groups in total. The lowest BCUT2D eigenvalue weighted by atomic mass is 10.1. The topological polar surface area (TPSA) is 29.3 Å². The van der Waals surface area contributed by atoms with Gasteiger partial charge in [-0.25, -0.2) is 4.39 Å². The van der Waals surface area contributed by atoms with Gasteiger partial charge in [0.05, 0.1) is 11.4 Å². The van der Waals surface area contributed by atoms with Crippen LogP contribution in [0.2, 0.25) is 0 Å².